The van der Waals surface area contributed by atoms with Gasteiger partial charge in [-0.2, -0.15) is 4.31 Å². The Morgan fingerprint density at radius 1 is 0.974 bits per heavy atom. The van der Waals surface area contributed by atoms with Crippen LogP contribution in [0.3, 0.4) is 0 Å². The first kappa shape index (κ1) is 27.9. The minimum atomic E-state index is -4.16. The molecule has 3 aromatic rings. The van der Waals surface area contributed by atoms with Crippen molar-refractivity contribution in [1.29, 1.82) is 0 Å². The van der Waals surface area contributed by atoms with Gasteiger partial charge in [0.2, 0.25) is 15.9 Å². The molecule has 9 nitrogen and oxygen atoms in total. The number of anilines is 2. The SMILES string of the molecule is COc1ccc(S(=O)(=O)N2CCCC2)cc1NC(=O)CN(c1cccc(Cl)c1C)S(=O)(=O)c1ccccc1. The van der Waals surface area contributed by atoms with E-state index in [0.29, 0.717) is 23.7 Å². The lowest BCUT2D eigenvalue weighted by Crippen LogP contribution is -2.38. The van der Waals surface area contributed by atoms with E-state index in [9.17, 15) is 21.6 Å². The van der Waals surface area contributed by atoms with Crippen LogP contribution in [0.15, 0.2) is 76.5 Å². The molecule has 0 aliphatic carbocycles. The van der Waals surface area contributed by atoms with Crippen LogP contribution in [0, 0.1) is 6.92 Å². The second-order valence-corrected chi connectivity index (χ2v) is 12.9. The van der Waals surface area contributed by atoms with Gasteiger partial charge < -0.3 is 10.1 Å². The maximum atomic E-state index is 13.6. The monoisotopic (exact) mass is 577 g/mol. The summed E-state index contributed by atoms with van der Waals surface area (Å²) in [4.78, 5) is 13.3. The maximum absolute atomic E-state index is 13.6. The fourth-order valence-electron chi connectivity index (χ4n) is 4.23. The zero-order valence-corrected chi connectivity index (χ0v) is 23.3. The molecule has 1 amide bonds. The van der Waals surface area contributed by atoms with Crippen LogP contribution < -0.4 is 14.4 Å². The molecule has 1 N–H and O–H groups in total. The van der Waals surface area contributed by atoms with Crippen molar-refractivity contribution in [3.63, 3.8) is 0 Å². The van der Waals surface area contributed by atoms with Gasteiger partial charge in [0, 0.05) is 18.1 Å². The lowest BCUT2D eigenvalue weighted by atomic mass is 10.2. The van der Waals surface area contributed by atoms with Crippen molar-refractivity contribution in [1.82, 2.24) is 4.31 Å². The van der Waals surface area contributed by atoms with Crippen LogP contribution in [0.4, 0.5) is 11.4 Å². The fraction of sp³-hybridized carbons (Fsp3) is 0.269. The molecule has 1 aliphatic heterocycles. The van der Waals surface area contributed by atoms with E-state index in [2.05, 4.69) is 5.32 Å². The van der Waals surface area contributed by atoms with E-state index in [1.165, 1.54) is 41.7 Å². The second-order valence-electron chi connectivity index (χ2n) is 8.73. The highest BCUT2D eigenvalue weighted by atomic mass is 35.5. The quantitative estimate of drug-likeness (QED) is 0.406. The van der Waals surface area contributed by atoms with Gasteiger partial charge in [-0.3, -0.25) is 9.10 Å². The van der Waals surface area contributed by atoms with Crippen molar-refractivity contribution in [3.8, 4) is 5.75 Å². The summed E-state index contributed by atoms with van der Waals surface area (Å²) in [7, 11) is -6.52. The average molecular weight is 578 g/mol. The molecule has 0 unspecified atom stereocenters. The molecule has 12 heteroatoms. The molecule has 1 fully saturated rings. The van der Waals surface area contributed by atoms with Gasteiger partial charge in [0.25, 0.3) is 10.0 Å². The van der Waals surface area contributed by atoms with Crippen molar-refractivity contribution in [2.75, 3.05) is 36.4 Å². The lowest BCUT2D eigenvalue weighted by Gasteiger charge is -2.26. The third-order valence-electron chi connectivity index (χ3n) is 6.27. The highest BCUT2D eigenvalue weighted by Crippen LogP contribution is 2.32. The third-order valence-corrected chi connectivity index (χ3v) is 10.4. The summed E-state index contributed by atoms with van der Waals surface area (Å²) in [6, 6.07) is 16.8. The van der Waals surface area contributed by atoms with Crippen LogP contribution in [0.1, 0.15) is 18.4 Å². The van der Waals surface area contributed by atoms with Gasteiger partial charge in [0.15, 0.2) is 0 Å². The minimum Gasteiger partial charge on any atom is -0.495 e. The van der Waals surface area contributed by atoms with Crippen molar-refractivity contribution in [3.05, 3.63) is 77.3 Å². The number of ether oxygens (including phenoxy) is 1. The van der Waals surface area contributed by atoms with Crippen molar-refractivity contribution >= 4 is 48.9 Å². The Kier molecular flexibility index (Phi) is 8.31. The smallest absolute Gasteiger partial charge is 0.264 e. The van der Waals surface area contributed by atoms with Gasteiger partial charge in [0.05, 0.1) is 28.3 Å². The molecule has 0 atom stereocenters. The van der Waals surface area contributed by atoms with Crippen LogP contribution in [0.25, 0.3) is 0 Å². The van der Waals surface area contributed by atoms with Crippen molar-refractivity contribution < 1.29 is 26.4 Å². The highest BCUT2D eigenvalue weighted by molar-refractivity contribution is 7.92. The molecule has 0 saturated carbocycles. The number of amides is 1. The Labute approximate surface area is 228 Å². The van der Waals surface area contributed by atoms with E-state index in [1.54, 1.807) is 43.3 Å². The maximum Gasteiger partial charge on any atom is 0.264 e. The van der Waals surface area contributed by atoms with E-state index in [4.69, 9.17) is 16.3 Å². The van der Waals surface area contributed by atoms with Crippen LogP contribution in [-0.2, 0) is 24.8 Å². The number of carbonyl (C=O) groups excluding carboxylic acids is 1. The Hall–Kier alpha value is -3.12. The summed E-state index contributed by atoms with van der Waals surface area (Å²) in [5.41, 5.74) is 0.837. The number of hydrogen-bond donors (Lipinski definition) is 1. The Morgan fingerprint density at radius 2 is 1.66 bits per heavy atom. The molecule has 38 heavy (non-hydrogen) atoms. The fourth-order valence-corrected chi connectivity index (χ4v) is 7.44. The molecule has 1 heterocycles. The van der Waals surface area contributed by atoms with Crippen molar-refractivity contribution in [2.45, 2.75) is 29.6 Å². The molecule has 1 aliphatic rings. The zero-order chi connectivity index (χ0) is 27.5. The minimum absolute atomic E-state index is 0.00320. The molecule has 3 aromatic carbocycles. The summed E-state index contributed by atoms with van der Waals surface area (Å²) < 4.78 is 61.1. The number of nitrogens with one attached hydrogen (secondary N) is 1. The first-order chi connectivity index (χ1) is 18.1. The second kappa shape index (κ2) is 11.3. The number of benzene rings is 3. The van der Waals surface area contributed by atoms with Gasteiger partial charge in [0.1, 0.15) is 12.3 Å². The molecule has 0 radical (unpaired) electrons. The normalized spacial score (nSPS) is 14.3. The van der Waals surface area contributed by atoms with Crippen molar-refractivity contribution in [2.24, 2.45) is 0 Å². The zero-order valence-electron chi connectivity index (χ0n) is 20.9. The predicted octanol–water partition coefficient (Wildman–Crippen LogP) is 4.28. The van der Waals surface area contributed by atoms with E-state index in [-0.39, 0.29) is 26.9 Å². The summed E-state index contributed by atoms with van der Waals surface area (Å²) in [6.07, 6.45) is 1.57. The lowest BCUT2D eigenvalue weighted by molar-refractivity contribution is -0.114. The Bertz CT molecular complexity index is 1540. The molecule has 202 valence electrons. The number of hydrogen-bond acceptors (Lipinski definition) is 6. The first-order valence-corrected chi connectivity index (χ1v) is 15.1. The Morgan fingerprint density at radius 3 is 2.32 bits per heavy atom. The topological polar surface area (TPSA) is 113 Å². The molecule has 0 aromatic heterocycles. The van der Waals surface area contributed by atoms with E-state index >= 15 is 0 Å². The van der Waals surface area contributed by atoms with Crippen LogP contribution in [0.2, 0.25) is 5.02 Å². The van der Waals surface area contributed by atoms with E-state index in [1.807, 2.05) is 0 Å². The number of rotatable bonds is 9. The van der Waals surface area contributed by atoms with Gasteiger partial charge in [-0.1, -0.05) is 35.9 Å². The number of nitrogens with zero attached hydrogens (tertiary/aromatic N) is 2. The summed E-state index contributed by atoms with van der Waals surface area (Å²) in [5, 5.41) is 2.98. The molecular formula is C26H28ClN3O6S2. The predicted molar refractivity (Wildman–Crippen MR) is 147 cm³/mol. The van der Waals surface area contributed by atoms with Gasteiger partial charge >= 0.3 is 0 Å². The average Bonchev–Trinajstić information content (AvgIpc) is 3.46. The number of carbonyl (C=O) groups is 1. The molecular weight excluding hydrogens is 550 g/mol. The Balaban J connectivity index is 1.69. The first-order valence-electron chi connectivity index (χ1n) is 11.9. The molecule has 0 spiro atoms. The van der Waals surface area contributed by atoms with Crippen LogP contribution in [-0.4, -0.2) is 53.8 Å². The summed E-state index contributed by atoms with van der Waals surface area (Å²) in [6.45, 7) is 1.94. The number of methoxy groups -OCH3 is 1. The van der Waals surface area contributed by atoms with Gasteiger partial charge in [-0.25, -0.2) is 16.8 Å². The molecule has 4 rings (SSSR count). The summed E-state index contributed by atoms with van der Waals surface area (Å²) in [5.74, 6) is -0.465. The number of halogens is 1. The molecule has 0 bridgehead atoms. The van der Waals surface area contributed by atoms with E-state index < -0.39 is 32.5 Å². The third kappa shape index (κ3) is 5.65. The standard InChI is InChI=1S/C26H28ClN3O6S2/c1-19-22(27)11-8-12-24(19)30(38(34,35)20-9-4-3-5-10-20)18-26(31)28-23-17-21(13-14-25(23)36-2)37(32,33)29-15-6-7-16-29/h3-5,8-14,17H,6-7,15-16,18H2,1-2H3,(H,28,31). The van der Waals surface area contributed by atoms with Gasteiger partial charge in [-0.05, 0) is 67.8 Å². The van der Waals surface area contributed by atoms with E-state index in [0.717, 1.165) is 17.1 Å². The highest BCUT2D eigenvalue weighted by Gasteiger charge is 2.30. The van der Waals surface area contributed by atoms with Crippen LogP contribution >= 0.6 is 11.6 Å². The van der Waals surface area contributed by atoms with Crippen LogP contribution in [0.5, 0.6) is 5.75 Å². The summed E-state index contributed by atoms with van der Waals surface area (Å²) >= 11 is 6.27. The van der Waals surface area contributed by atoms with Gasteiger partial charge in [-0.15, -0.1) is 0 Å². The largest absolute Gasteiger partial charge is 0.495 e. The molecule has 1 saturated heterocycles. The number of sulfonamides is 2.